The Morgan fingerprint density at radius 3 is 2.48 bits per heavy atom. The summed E-state index contributed by atoms with van der Waals surface area (Å²) < 4.78 is 1.95. The number of benzene rings is 3. The second kappa shape index (κ2) is 8.34. The number of hydrogen-bond acceptors (Lipinski definition) is 3. The molecule has 1 saturated heterocycles. The maximum Gasteiger partial charge on any atom is 0.326 e. The van der Waals surface area contributed by atoms with Crippen molar-refractivity contribution in [2.75, 3.05) is 13.1 Å². The number of fused-ring (bicyclic) bond motifs is 2. The molecule has 0 aliphatic carbocycles. The largest absolute Gasteiger partial charge is 0.326 e. The minimum atomic E-state index is -0.00641. The standard InChI is InChI=1S/C28H25N4O/c33-28-30-25-12-6-7-13-26(25)32(28)23-14-16-31(17-15-23)19-22-18-21-10-4-5-11-24(21)29-27(22)20-8-2-1-3-9-20/h1-13,23H,14-17,19H2,(H,30,33). The van der Waals surface area contributed by atoms with Gasteiger partial charge in [-0.15, -0.1) is 0 Å². The summed E-state index contributed by atoms with van der Waals surface area (Å²) in [6, 6.07) is 30.4. The van der Waals surface area contributed by atoms with Crippen molar-refractivity contribution in [2.24, 2.45) is 0 Å². The third-order valence-corrected chi connectivity index (χ3v) is 6.68. The number of piperidine rings is 1. The van der Waals surface area contributed by atoms with Gasteiger partial charge in [-0.25, -0.2) is 9.78 Å². The summed E-state index contributed by atoms with van der Waals surface area (Å²) in [5.41, 5.74) is 6.13. The van der Waals surface area contributed by atoms with E-state index in [-0.39, 0.29) is 11.7 Å². The lowest BCUT2D eigenvalue weighted by molar-refractivity contribution is 0.180. The molecular weight excluding hydrogens is 408 g/mol. The molecule has 5 heteroatoms. The van der Waals surface area contributed by atoms with E-state index in [2.05, 4.69) is 46.3 Å². The lowest BCUT2D eigenvalue weighted by Crippen LogP contribution is -2.36. The van der Waals surface area contributed by atoms with Crippen molar-refractivity contribution >= 4 is 21.9 Å². The molecule has 0 bridgehead atoms. The number of pyridine rings is 1. The molecule has 0 atom stereocenters. The van der Waals surface area contributed by atoms with E-state index in [1.54, 1.807) is 0 Å². The molecule has 5 aromatic rings. The van der Waals surface area contributed by atoms with Crippen LogP contribution in [-0.4, -0.2) is 32.5 Å². The third-order valence-electron chi connectivity index (χ3n) is 6.68. The van der Waals surface area contributed by atoms with Crippen LogP contribution in [0.25, 0.3) is 33.2 Å². The Balaban J connectivity index is 1.27. The Kier molecular flexibility index (Phi) is 5.04. The summed E-state index contributed by atoms with van der Waals surface area (Å²) in [5.74, 6) is 0. The van der Waals surface area contributed by atoms with Gasteiger partial charge in [0.2, 0.25) is 0 Å². The van der Waals surface area contributed by atoms with E-state index < -0.39 is 0 Å². The number of para-hydroxylation sites is 3. The summed E-state index contributed by atoms with van der Waals surface area (Å²) in [7, 11) is 0. The summed E-state index contributed by atoms with van der Waals surface area (Å²) in [6.07, 6.45) is 1.90. The molecule has 5 nitrogen and oxygen atoms in total. The van der Waals surface area contributed by atoms with Crippen LogP contribution in [0, 0.1) is 6.07 Å². The minimum absolute atomic E-state index is 0.00641. The molecule has 1 radical (unpaired) electrons. The fourth-order valence-corrected chi connectivity index (χ4v) is 5.03. The SMILES string of the molecule is O=c1[nH]c2ccccc2n1C1CCN(Cc2[c]c3ccccc3nc2-c2ccccc2)CC1. The van der Waals surface area contributed by atoms with Gasteiger partial charge in [0, 0.05) is 42.2 Å². The second-order valence-corrected chi connectivity index (χ2v) is 8.77. The molecule has 1 fully saturated rings. The molecule has 0 saturated carbocycles. The Labute approximate surface area is 192 Å². The number of rotatable bonds is 4. The quantitative estimate of drug-likeness (QED) is 0.425. The number of nitrogens with zero attached hydrogens (tertiary/aromatic N) is 3. The maximum atomic E-state index is 12.6. The van der Waals surface area contributed by atoms with E-state index in [1.165, 1.54) is 0 Å². The van der Waals surface area contributed by atoms with Crippen LogP contribution in [0.15, 0.2) is 83.7 Å². The molecule has 163 valence electrons. The van der Waals surface area contributed by atoms with E-state index in [9.17, 15) is 4.79 Å². The molecule has 0 amide bonds. The van der Waals surface area contributed by atoms with Crippen LogP contribution in [-0.2, 0) is 6.54 Å². The van der Waals surface area contributed by atoms with E-state index in [1.807, 2.05) is 53.1 Å². The van der Waals surface area contributed by atoms with Gasteiger partial charge in [-0.2, -0.15) is 0 Å². The van der Waals surface area contributed by atoms with Crippen LogP contribution < -0.4 is 5.69 Å². The molecule has 1 aliphatic heterocycles. The van der Waals surface area contributed by atoms with Gasteiger partial charge in [0.25, 0.3) is 0 Å². The van der Waals surface area contributed by atoms with Crippen molar-refractivity contribution in [2.45, 2.75) is 25.4 Å². The molecule has 3 heterocycles. The van der Waals surface area contributed by atoms with Crippen molar-refractivity contribution in [3.8, 4) is 11.3 Å². The third kappa shape index (κ3) is 3.74. The van der Waals surface area contributed by atoms with Gasteiger partial charge < -0.3 is 4.98 Å². The smallest absolute Gasteiger partial charge is 0.306 e. The molecule has 6 rings (SSSR count). The highest BCUT2D eigenvalue weighted by molar-refractivity contribution is 5.82. The van der Waals surface area contributed by atoms with Gasteiger partial charge in [-0.05, 0) is 37.1 Å². The molecule has 0 unspecified atom stereocenters. The van der Waals surface area contributed by atoms with Gasteiger partial charge in [-0.1, -0.05) is 60.7 Å². The van der Waals surface area contributed by atoms with Crippen LogP contribution in [0.2, 0.25) is 0 Å². The summed E-state index contributed by atoms with van der Waals surface area (Å²) >= 11 is 0. The van der Waals surface area contributed by atoms with Crippen molar-refractivity contribution in [1.29, 1.82) is 0 Å². The average Bonchev–Trinajstić information content (AvgIpc) is 3.20. The minimum Gasteiger partial charge on any atom is -0.306 e. The molecule has 1 N–H and O–H groups in total. The van der Waals surface area contributed by atoms with Crippen molar-refractivity contribution in [1.82, 2.24) is 19.4 Å². The Hall–Kier alpha value is -3.70. The average molecular weight is 434 g/mol. The molecule has 33 heavy (non-hydrogen) atoms. The van der Waals surface area contributed by atoms with Crippen molar-refractivity contribution in [3.05, 3.63) is 101 Å². The molecule has 3 aromatic carbocycles. The number of nitrogens with one attached hydrogen (secondary N) is 1. The lowest BCUT2D eigenvalue weighted by atomic mass is 10.0. The maximum absolute atomic E-state index is 12.6. The van der Waals surface area contributed by atoms with Crippen LogP contribution in [0.5, 0.6) is 0 Å². The highest BCUT2D eigenvalue weighted by Crippen LogP contribution is 2.29. The van der Waals surface area contributed by atoms with Crippen molar-refractivity contribution < 1.29 is 0 Å². The first-order valence-corrected chi connectivity index (χ1v) is 11.5. The van der Waals surface area contributed by atoms with E-state index in [0.29, 0.717) is 0 Å². The summed E-state index contributed by atoms with van der Waals surface area (Å²) in [4.78, 5) is 23.1. The van der Waals surface area contributed by atoms with Gasteiger partial charge in [-0.3, -0.25) is 9.47 Å². The molecule has 1 aliphatic rings. The highest BCUT2D eigenvalue weighted by Gasteiger charge is 2.24. The number of hydrogen-bond donors (Lipinski definition) is 1. The van der Waals surface area contributed by atoms with Crippen molar-refractivity contribution in [3.63, 3.8) is 0 Å². The summed E-state index contributed by atoms with van der Waals surface area (Å²) in [6.45, 7) is 2.68. The fraction of sp³-hybridized carbons (Fsp3) is 0.214. The monoisotopic (exact) mass is 433 g/mol. The van der Waals surface area contributed by atoms with Gasteiger partial charge in [0.15, 0.2) is 0 Å². The van der Waals surface area contributed by atoms with Gasteiger partial charge >= 0.3 is 5.69 Å². The number of aromatic nitrogens is 3. The molecule has 2 aromatic heterocycles. The first-order chi connectivity index (χ1) is 16.3. The first kappa shape index (κ1) is 19.9. The topological polar surface area (TPSA) is 53.9 Å². The Morgan fingerprint density at radius 2 is 1.64 bits per heavy atom. The predicted octanol–water partition coefficient (Wildman–Crippen LogP) is 5.18. The second-order valence-electron chi connectivity index (χ2n) is 8.77. The zero-order valence-electron chi connectivity index (χ0n) is 18.4. The van der Waals surface area contributed by atoms with Gasteiger partial charge in [0.1, 0.15) is 0 Å². The van der Waals surface area contributed by atoms with Crippen LogP contribution in [0.4, 0.5) is 0 Å². The predicted molar refractivity (Wildman–Crippen MR) is 132 cm³/mol. The van der Waals surface area contributed by atoms with E-state index in [4.69, 9.17) is 4.98 Å². The highest BCUT2D eigenvalue weighted by atomic mass is 16.1. The van der Waals surface area contributed by atoms with E-state index in [0.717, 1.165) is 71.2 Å². The normalized spacial score (nSPS) is 15.4. The number of aromatic amines is 1. The number of likely N-dealkylation sites (tertiary alicyclic amines) is 1. The lowest BCUT2D eigenvalue weighted by Gasteiger charge is -2.32. The number of H-pyrrole nitrogens is 1. The Bertz CT molecular complexity index is 1480. The zero-order valence-corrected chi connectivity index (χ0v) is 18.4. The van der Waals surface area contributed by atoms with Crippen LogP contribution in [0.3, 0.4) is 0 Å². The van der Waals surface area contributed by atoms with Gasteiger partial charge in [0.05, 0.1) is 22.2 Å². The summed E-state index contributed by atoms with van der Waals surface area (Å²) in [5, 5.41) is 1.05. The fourth-order valence-electron chi connectivity index (χ4n) is 5.03. The number of imidazole rings is 1. The van der Waals surface area contributed by atoms with E-state index >= 15 is 0 Å². The van der Waals surface area contributed by atoms with Crippen LogP contribution >= 0.6 is 0 Å². The van der Waals surface area contributed by atoms with Crippen LogP contribution in [0.1, 0.15) is 24.4 Å². The first-order valence-electron chi connectivity index (χ1n) is 11.5. The molecule has 0 spiro atoms. The molecular formula is C28H25N4O. The zero-order chi connectivity index (χ0) is 22.2. The Morgan fingerprint density at radius 1 is 0.909 bits per heavy atom.